The monoisotopic (exact) mass is 276 g/mol. The van der Waals surface area contributed by atoms with E-state index < -0.39 is 0 Å². The number of aryl methyl sites for hydroxylation is 1. The minimum absolute atomic E-state index is 0.311. The summed E-state index contributed by atoms with van der Waals surface area (Å²) in [6, 6.07) is 0.311. The first-order valence-electron chi connectivity index (χ1n) is 6.94. The van der Waals surface area contributed by atoms with Crippen molar-refractivity contribution < 1.29 is 4.74 Å². The first-order chi connectivity index (χ1) is 9.65. The van der Waals surface area contributed by atoms with Gasteiger partial charge in [-0.15, -0.1) is 0 Å². The molecule has 7 nitrogen and oxygen atoms in total. The number of ether oxygens (including phenoxy) is 1. The van der Waals surface area contributed by atoms with Crippen LogP contribution in [0.1, 0.15) is 13.8 Å². The molecular formula is C13H20N6O. The number of rotatable bonds is 3. The highest BCUT2D eigenvalue weighted by Crippen LogP contribution is 2.24. The van der Waals surface area contributed by atoms with Crippen molar-refractivity contribution in [3.63, 3.8) is 0 Å². The third-order valence-electron chi connectivity index (χ3n) is 3.30. The smallest absolute Gasteiger partial charge is 0.229 e. The fourth-order valence-electron chi connectivity index (χ4n) is 2.30. The number of aromatic nitrogens is 4. The first kappa shape index (κ1) is 13.1. The predicted molar refractivity (Wildman–Crippen MR) is 78.1 cm³/mol. The molecule has 3 rings (SSSR count). The molecule has 1 N–H and O–H groups in total. The molecule has 1 aliphatic heterocycles. The van der Waals surface area contributed by atoms with Gasteiger partial charge in [-0.05, 0) is 13.8 Å². The topological polar surface area (TPSA) is 68.1 Å². The Hall–Kier alpha value is -1.89. The zero-order valence-corrected chi connectivity index (χ0v) is 12.1. The van der Waals surface area contributed by atoms with E-state index in [1.807, 2.05) is 13.2 Å². The molecule has 2 aromatic rings. The standard InChI is InChI=1S/C13H20N6O/c1-9(2)15-11-10-8-14-18(3)12(10)17-13(16-11)19-4-6-20-7-5-19/h8-9H,4-7H2,1-3H3,(H,15,16,17). The van der Waals surface area contributed by atoms with Crippen molar-refractivity contribution in [3.8, 4) is 0 Å². The molecule has 0 unspecified atom stereocenters. The van der Waals surface area contributed by atoms with Gasteiger partial charge >= 0.3 is 0 Å². The third kappa shape index (κ3) is 2.40. The maximum absolute atomic E-state index is 5.38. The van der Waals surface area contributed by atoms with E-state index in [0.717, 1.165) is 49.1 Å². The molecule has 7 heteroatoms. The molecule has 0 atom stereocenters. The molecule has 0 saturated carbocycles. The average molecular weight is 276 g/mol. The van der Waals surface area contributed by atoms with E-state index in [2.05, 4.69) is 39.1 Å². The minimum Gasteiger partial charge on any atom is -0.378 e. The number of morpholine rings is 1. The van der Waals surface area contributed by atoms with Crippen LogP contribution >= 0.6 is 0 Å². The molecule has 0 spiro atoms. The Kier molecular flexibility index (Phi) is 3.43. The van der Waals surface area contributed by atoms with Gasteiger partial charge in [-0.25, -0.2) is 0 Å². The summed E-state index contributed by atoms with van der Waals surface area (Å²) < 4.78 is 7.17. The summed E-state index contributed by atoms with van der Waals surface area (Å²) in [6.45, 7) is 7.28. The molecule has 1 fully saturated rings. The molecule has 3 heterocycles. The fourth-order valence-corrected chi connectivity index (χ4v) is 2.30. The van der Waals surface area contributed by atoms with Gasteiger partial charge in [0.1, 0.15) is 5.82 Å². The Morgan fingerprint density at radius 2 is 2.00 bits per heavy atom. The number of nitrogens with zero attached hydrogens (tertiary/aromatic N) is 5. The van der Waals surface area contributed by atoms with Gasteiger partial charge in [0.25, 0.3) is 0 Å². The fraction of sp³-hybridized carbons (Fsp3) is 0.615. The van der Waals surface area contributed by atoms with Crippen molar-refractivity contribution in [2.24, 2.45) is 7.05 Å². The van der Waals surface area contributed by atoms with Gasteiger partial charge in [0.15, 0.2) is 5.65 Å². The molecule has 0 aliphatic carbocycles. The summed E-state index contributed by atoms with van der Waals surface area (Å²) >= 11 is 0. The summed E-state index contributed by atoms with van der Waals surface area (Å²) in [5, 5.41) is 8.62. The van der Waals surface area contributed by atoms with Crippen LogP contribution in [0.3, 0.4) is 0 Å². The molecule has 1 aliphatic rings. The largest absolute Gasteiger partial charge is 0.378 e. The summed E-state index contributed by atoms with van der Waals surface area (Å²) in [4.78, 5) is 11.5. The number of fused-ring (bicyclic) bond motifs is 1. The lowest BCUT2D eigenvalue weighted by molar-refractivity contribution is 0.122. The molecular weight excluding hydrogens is 256 g/mol. The van der Waals surface area contributed by atoms with Crippen molar-refractivity contribution in [2.75, 3.05) is 36.5 Å². The zero-order valence-electron chi connectivity index (χ0n) is 12.1. The lowest BCUT2D eigenvalue weighted by atomic mass is 10.3. The third-order valence-corrected chi connectivity index (χ3v) is 3.30. The van der Waals surface area contributed by atoms with E-state index in [-0.39, 0.29) is 0 Å². The van der Waals surface area contributed by atoms with E-state index in [9.17, 15) is 0 Å². The van der Waals surface area contributed by atoms with Gasteiger partial charge in [-0.1, -0.05) is 0 Å². The lowest BCUT2D eigenvalue weighted by Gasteiger charge is -2.27. The van der Waals surface area contributed by atoms with Crippen LogP contribution in [0.4, 0.5) is 11.8 Å². The van der Waals surface area contributed by atoms with Crippen LogP contribution in [-0.4, -0.2) is 52.1 Å². The number of nitrogens with one attached hydrogen (secondary N) is 1. The van der Waals surface area contributed by atoms with E-state index in [1.165, 1.54) is 0 Å². The molecule has 0 aromatic carbocycles. The van der Waals surface area contributed by atoms with E-state index in [4.69, 9.17) is 4.74 Å². The summed E-state index contributed by atoms with van der Waals surface area (Å²) in [5.41, 5.74) is 0.852. The molecule has 2 aromatic heterocycles. The number of anilines is 2. The Morgan fingerprint density at radius 3 is 2.70 bits per heavy atom. The lowest BCUT2D eigenvalue weighted by Crippen LogP contribution is -2.37. The Balaban J connectivity index is 2.05. The van der Waals surface area contributed by atoms with Crippen molar-refractivity contribution in [3.05, 3.63) is 6.20 Å². The zero-order chi connectivity index (χ0) is 14.1. The molecule has 108 valence electrons. The van der Waals surface area contributed by atoms with Gasteiger partial charge in [-0.2, -0.15) is 15.1 Å². The normalized spacial score (nSPS) is 16.1. The van der Waals surface area contributed by atoms with Crippen LogP contribution in [0.15, 0.2) is 6.20 Å². The summed E-state index contributed by atoms with van der Waals surface area (Å²) in [7, 11) is 1.90. The van der Waals surface area contributed by atoms with Gasteiger partial charge in [0.05, 0.1) is 24.8 Å². The van der Waals surface area contributed by atoms with Crippen LogP contribution in [0, 0.1) is 0 Å². The second kappa shape index (κ2) is 5.24. The van der Waals surface area contributed by atoms with Crippen molar-refractivity contribution in [1.82, 2.24) is 19.7 Å². The Labute approximate surface area is 117 Å². The summed E-state index contributed by atoms with van der Waals surface area (Å²) in [6.07, 6.45) is 1.81. The molecule has 0 amide bonds. The summed E-state index contributed by atoms with van der Waals surface area (Å²) in [5.74, 6) is 1.59. The second-order valence-electron chi connectivity index (χ2n) is 5.28. The van der Waals surface area contributed by atoms with Crippen molar-refractivity contribution in [1.29, 1.82) is 0 Å². The highest BCUT2D eigenvalue weighted by Gasteiger charge is 2.18. The Bertz CT molecular complexity index is 602. The number of hydrogen-bond donors (Lipinski definition) is 1. The SMILES string of the molecule is CC(C)Nc1nc(N2CCOCC2)nc2c1cnn2C. The van der Waals surface area contributed by atoms with Gasteiger partial charge in [-0.3, -0.25) is 4.68 Å². The highest BCUT2D eigenvalue weighted by molar-refractivity contribution is 5.87. The maximum Gasteiger partial charge on any atom is 0.229 e. The highest BCUT2D eigenvalue weighted by atomic mass is 16.5. The average Bonchev–Trinajstić information content (AvgIpc) is 2.81. The number of hydrogen-bond acceptors (Lipinski definition) is 6. The minimum atomic E-state index is 0.311. The van der Waals surface area contributed by atoms with Crippen molar-refractivity contribution in [2.45, 2.75) is 19.9 Å². The van der Waals surface area contributed by atoms with Gasteiger partial charge in [0.2, 0.25) is 5.95 Å². The van der Waals surface area contributed by atoms with Crippen LogP contribution in [-0.2, 0) is 11.8 Å². The molecule has 20 heavy (non-hydrogen) atoms. The van der Waals surface area contributed by atoms with Crippen LogP contribution < -0.4 is 10.2 Å². The van der Waals surface area contributed by atoms with Crippen LogP contribution in [0.25, 0.3) is 11.0 Å². The van der Waals surface area contributed by atoms with Gasteiger partial charge in [0, 0.05) is 26.2 Å². The maximum atomic E-state index is 5.38. The molecule has 0 radical (unpaired) electrons. The molecule has 0 bridgehead atoms. The van der Waals surface area contributed by atoms with E-state index in [0.29, 0.717) is 6.04 Å². The van der Waals surface area contributed by atoms with E-state index >= 15 is 0 Å². The Morgan fingerprint density at radius 1 is 1.25 bits per heavy atom. The van der Waals surface area contributed by atoms with E-state index in [1.54, 1.807) is 4.68 Å². The van der Waals surface area contributed by atoms with Crippen molar-refractivity contribution >= 4 is 22.8 Å². The van der Waals surface area contributed by atoms with Crippen LogP contribution in [0.5, 0.6) is 0 Å². The second-order valence-corrected chi connectivity index (χ2v) is 5.28. The first-order valence-corrected chi connectivity index (χ1v) is 6.94. The molecule has 1 saturated heterocycles. The predicted octanol–water partition coefficient (Wildman–Crippen LogP) is 1.02. The quantitative estimate of drug-likeness (QED) is 0.902. The van der Waals surface area contributed by atoms with Gasteiger partial charge < -0.3 is 15.0 Å². The van der Waals surface area contributed by atoms with Crippen LogP contribution in [0.2, 0.25) is 0 Å².